The summed E-state index contributed by atoms with van der Waals surface area (Å²) in [4.78, 5) is 3.26. The van der Waals surface area contributed by atoms with Crippen LogP contribution in [0.2, 0.25) is 5.02 Å². The molecule has 0 saturated carbocycles. The summed E-state index contributed by atoms with van der Waals surface area (Å²) in [5.41, 5.74) is 1.70. The van der Waals surface area contributed by atoms with E-state index in [4.69, 9.17) is 18.2 Å². The van der Waals surface area contributed by atoms with Crippen molar-refractivity contribution >= 4 is 17.3 Å². The van der Waals surface area contributed by atoms with E-state index in [1.54, 1.807) is 6.07 Å². The molecule has 56 valence electrons. The van der Waals surface area contributed by atoms with Gasteiger partial charge in [-0.05, 0) is 12.0 Å². The first kappa shape index (κ1) is 8.10. The van der Waals surface area contributed by atoms with Crippen LogP contribution in [0.15, 0.2) is 18.2 Å². The third-order valence-electron chi connectivity index (χ3n) is 1.54. The monoisotopic (exact) mass is 165 g/mol. The van der Waals surface area contributed by atoms with Crippen LogP contribution in [-0.2, 0) is 6.42 Å². The molecule has 0 saturated heterocycles. The fraction of sp³-hybridized carbons (Fsp3) is 0.222. The Morgan fingerprint density at radius 1 is 1.55 bits per heavy atom. The molecule has 0 atom stereocenters. The molecule has 0 fully saturated rings. The molecule has 1 nitrogen and oxygen atoms in total. The number of rotatable bonds is 1. The van der Waals surface area contributed by atoms with E-state index < -0.39 is 0 Å². The summed E-state index contributed by atoms with van der Waals surface area (Å²) in [5, 5.41) is 0.555. The zero-order valence-electron chi connectivity index (χ0n) is 6.26. The lowest BCUT2D eigenvalue weighted by Gasteiger charge is -1.97. The van der Waals surface area contributed by atoms with Gasteiger partial charge in [0.15, 0.2) is 0 Å². The van der Waals surface area contributed by atoms with Crippen molar-refractivity contribution in [3.63, 3.8) is 0 Å². The van der Waals surface area contributed by atoms with Crippen LogP contribution >= 0.6 is 11.6 Å². The summed E-state index contributed by atoms with van der Waals surface area (Å²) in [7, 11) is 0. The van der Waals surface area contributed by atoms with Crippen molar-refractivity contribution in [2.24, 2.45) is 0 Å². The van der Waals surface area contributed by atoms with Gasteiger partial charge >= 0.3 is 0 Å². The molecule has 11 heavy (non-hydrogen) atoms. The standard InChI is InChI=1S/C9H8ClN/c1-3-7-4-5-9(11-2)8(10)6-7/h4-6H,3H2,1H3. The topological polar surface area (TPSA) is 4.36 Å². The first-order chi connectivity index (χ1) is 5.27. The fourth-order valence-electron chi connectivity index (χ4n) is 0.861. The van der Waals surface area contributed by atoms with Crippen LogP contribution in [0.1, 0.15) is 12.5 Å². The zero-order valence-corrected chi connectivity index (χ0v) is 7.02. The van der Waals surface area contributed by atoms with Gasteiger partial charge in [-0.2, -0.15) is 0 Å². The Morgan fingerprint density at radius 2 is 2.27 bits per heavy atom. The smallest absolute Gasteiger partial charge is 0.205 e. The molecule has 1 rings (SSSR count). The molecule has 0 heterocycles. The maximum absolute atomic E-state index is 6.75. The molecule has 0 radical (unpaired) electrons. The molecule has 0 aromatic heterocycles. The minimum Gasteiger partial charge on any atom is -0.237 e. The fourth-order valence-corrected chi connectivity index (χ4v) is 1.11. The summed E-state index contributed by atoms with van der Waals surface area (Å²) in [6.07, 6.45) is 0.956. The highest BCUT2D eigenvalue weighted by Crippen LogP contribution is 2.25. The first-order valence-electron chi connectivity index (χ1n) is 3.43. The highest BCUT2D eigenvalue weighted by Gasteiger charge is 1.98. The maximum Gasteiger partial charge on any atom is 0.205 e. The quantitative estimate of drug-likeness (QED) is 0.562. The Hall–Kier alpha value is -1.00. The van der Waals surface area contributed by atoms with Crippen molar-refractivity contribution in [3.8, 4) is 0 Å². The van der Waals surface area contributed by atoms with Crippen LogP contribution in [0, 0.1) is 6.57 Å². The van der Waals surface area contributed by atoms with Crippen LogP contribution in [-0.4, -0.2) is 0 Å². The van der Waals surface area contributed by atoms with Gasteiger partial charge in [-0.15, -0.1) is 0 Å². The van der Waals surface area contributed by atoms with E-state index in [9.17, 15) is 0 Å². The second-order valence-corrected chi connectivity index (χ2v) is 2.66. The van der Waals surface area contributed by atoms with E-state index >= 15 is 0 Å². The summed E-state index contributed by atoms with van der Waals surface area (Å²) >= 11 is 5.79. The molecule has 0 amide bonds. The third kappa shape index (κ3) is 1.72. The Morgan fingerprint density at radius 3 is 2.73 bits per heavy atom. The normalized spacial score (nSPS) is 9.18. The molecule has 1 aromatic rings. The van der Waals surface area contributed by atoms with Crippen LogP contribution in [0.5, 0.6) is 0 Å². The van der Waals surface area contributed by atoms with E-state index in [0.717, 1.165) is 6.42 Å². The summed E-state index contributed by atoms with van der Waals surface area (Å²) in [5.74, 6) is 0. The van der Waals surface area contributed by atoms with E-state index in [-0.39, 0.29) is 0 Å². The van der Waals surface area contributed by atoms with Crippen LogP contribution in [0.3, 0.4) is 0 Å². The van der Waals surface area contributed by atoms with Gasteiger partial charge in [0.25, 0.3) is 0 Å². The molecule has 0 unspecified atom stereocenters. The van der Waals surface area contributed by atoms with Crippen LogP contribution < -0.4 is 0 Å². The SMILES string of the molecule is [C-]#[N+]c1ccc(CC)cc1Cl. The van der Waals surface area contributed by atoms with E-state index in [1.165, 1.54) is 5.56 Å². The second kappa shape index (κ2) is 3.41. The minimum atomic E-state index is 0.531. The van der Waals surface area contributed by atoms with Gasteiger partial charge in [0.05, 0.1) is 6.57 Å². The molecule has 1 aromatic carbocycles. The third-order valence-corrected chi connectivity index (χ3v) is 1.84. The van der Waals surface area contributed by atoms with Crippen LogP contribution in [0.25, 0.3) is 4.85 Å². The van der Waals surface area contributed by atoms with E-state index in [2.05, 4.69) is 11.8 Å². The molecular weight excluding hydrogens is 158 g/mol. The van der Waals surface area contributed by atoms with Gasteiger partial charge in [-0.25, -0.2) is 4.85 Å². The average Bonchev–Trinajstić information content (AvgIpc) is 2.04. The van der Waals surface area contributed by atoms with Gasteiger partial charge in [0.2, 0.25) is 5.69 Å². The largest absolute Gasteiger partial charge is 0.237 e. The van der Waals surface area contributed by atoms with Gasteiger partial charge in [-0.1, -0.05) is 36.7 Å². The minimum absolute atomic E-state index is 0.531. The second-order valence-electron chi connectivity index (χ2n) is 2.25. The molecule has 0 bridgehead atoms. The lowest BCUT2D eigenvalue weighted by Crippen LogP contribution is -1.77. The number of hydrogen-bond donors (Lipinski definition) is 0. The Bertz CT molecular complexity index is 299. The number of hydrogen-bond acceptors (Lipinski definition) is 0. The molecule has 2 heteroatoms. The Labute approximate surface area is 71.4 Å². The molecule has 0 aliphatic carbocycles. The Balaban J connectivity index is 3.12. The van der Waals surface area contributed by atoms with Crippen molar-refractivity contribution in [3.05, 3.63) is 40.2 Å². The summed E-state index contributed by atoms with van der Waals surface area (Å²) in [6, 6.07) is 5.53. The number of nitrogens with zero attached hydrogens (tertiary/aromatic N) is 1. The molecule has 0 aliphatic rings. The van der Waals surface area contributed by atoms with Crippen molar-refractivity contribution < 1.29 is 0 Å². The lowest BCUT2D eigenvalue weighted by atomic mass is 10.1. The summed E-state index contributed by atoms with van der Waals surface area (Å²) in [6.45, 7) is 8.81. The van der Waals surface area contributed by atoms with E-state index in [1.807, 2.05) is 12.1 Å². The zero-order chi connectivity index (χ0) is 8.27. The van der Waals surface area contributed by atoms with Crippen molar-refractivity contribution in [1.29, 1.82) is 0 Å². The first-order valence-corrected chi connectivity index (χ1v) is 3.81. The Kier molecular flexibility index (Phi) is 2.51. The molecular formula is C9H8ClN. The van der Waals surface area contributed by atoms with Gasteiger partial charge in [0.1, 0.15) is 0 Å². The highest BCUT2D eigenvalue weighted by atomic mass is 35.5. The van der Waals surface area contributed by atoms with Gasteiger partial charge < -0.3 is 0 Å². The van der Waals surface area contributed by atoms with Gasteiger partial charge in [0, 0.05) is 5.02 Å². The van der Waals surface area contributed by atoms with Crippen LogP contribution in [0.4, 0.5) is 5.69 Å². The molecule has 0 aliphatic heterocycles. The molecule has 0 N–H and O–H groups in total. The predicted octanol–water partition coefficient (Wildman–Crippen LogP) is 3.45. The number of benzene rings is 1. The van der Waals surface area contributed by atoms with Crippen molar-refractivity contribution in [2.45, 2.75) is 13.3 Å². The molecule has 0 spiro atoms. The van der Waals surface area contributed by atoms with E-state index in [0.29, 0.717) is 10.7 Å². The summed E-state index contributed by atoms with van der Waals surface area (Å²) < 4.78 is 0. The lowest BCUT2D eigenvalue weighted by molar-refractivity contribution is 1.14. The highest BCUT2D eigenvalue weighted by molar-refractivity contribution is 6.33. The number of halogens is 1. The average molecular weight is 166 g/mol. The maximum atomic E-state index is 6.75. The number of aryl methyl sites for hydroxylation is 1. The predicted molar refractivity (Wildman–Crippen MR) is 47.1 cm³/mol. The van der Waals surface area contributed by atoms with Crippen molar-refractivity contribution in [2.75, 3.05) is 0 Å². The van der Waals surface area contributed by atoms with Gasteiger partial charge in [-0.3, -0.25) is 0 Å². The van der Waals surface area contributed by atoms with Crippen molar-refractivity contribution in [1.82, 2.24) is 0 Å².